The molecule has 1 fully saturated rings. The van der Waals surface area contributed by atoms with Crippen molar-refractivity contribution in [3.63, 3.8) is 0 Å². The van der Waals surface area contributed by atoms with Gasteiger partial charge in [-0.25, -0.2) is 9.59 Å². The molecule has 0 aliphatic carbocycles. The maximum absolute atomic E-state index is 12.3. The second kappa shape index (κ2) is 9.50. The Hall–Kier alpha value is -3.68. The molecular formula is C21H20N2O6. The molecule has 0 spiro atoms. The molecule has 0 unspecified atom stereocenters. The van der Waals surface area contributed by atoms with Gasteiger partial charge in [-0.05, 0) is 11.1 Å². The van der Waals surface area contributed by atoms with Crippen LogP contribution in [0.25, 0.3) is 0 Å². The molecule has 8 nitrogen and oxygen atoms in total. The first-order chi connectivity index (χ1) is 14.0. The highest BCUT2D eigenvalue weighted by atomic mass is 16.7. The number of nitrogens with zero attached hydrogens (tertiary/aromatic N) is 1. The maximum atomic E-state index is 12.3. The minimum atomic E-state index is -0.814. The number of nitrogens with one attached hydrogen (secondary N) is 1. The summed E-state index contributed by atoms with van der Waals surface area (Å²) in [4.78, 5) is 52.6. The third-order valence-electron chi connectivity index (χ3n) is 4.28. The van der Waals surface area contributed by atoms with Crippen molar-refractivity contribution in [1.29, 1.82) is 0 Å². The van der Waals surface area contributed by atoms with Crippen LogP contribution < -0.4 is 5.32 Å². The number of alkyl carbamates (subject to hydrolysis) is 1. The summed E-state index contributed by atoms with van der Waals surface area (Å²) in [6.07, 6.45) is -0.957. The molecule has 1 aliphatic heterocycles. The number of imide groups is 1. The van der Waals surface area contributed by atoms with Gasteiger partial charge in [0.1, 0.15) is 6.61 Å². The zero-order valence-electron chi connectivity index (χ0n) is 15.6. The van der Waals surface area contributed by atoms with E-state index in [1.165, 1.54) is 0 Å². The standard InChI is InChI=1S/C21H20N2O6/c24-18-11-12-19(25)23(18)29-20(26)13-17(16-9-5-2-6-10-16)22-21(27)28-14-15-7-3-1-4-8-15/h1-10,17H,11-14H2,(H,22,27)/t17-/m1/s1. The Morgan fingerprint density at radius 1 is 0.931 bits per heavy atom. The van der Waals surface area contributed by atoms with Crippen LogP contribution in [0.5, 0.6) is 0 Å². The predicted molar refractivity (Wildman–Crippen MR) is 101 cm³/mol. The number of hydrogen-bond acceptors (Lipinski definition) is 6. The molecule has 0 bridgehead atoms. The highest BCUT2D eigenvalue weighted by Gasteiger charge is 2.33. The number of hydroxylamine groups is 2. The highest BCUT2D eigenvalue weighted by molar-refractivity contribution is 6.01. The topological polar surface area (TPSA) is 102 Å². The number of carbonyl (C=O) groups is 4. The van der Waals surface area contributed by atoms with Crippen molar-refractivity contribution in [3.8, 4) is 0 Å². The minimum absolute atomic E-state index is 0.0122. The lowest BCUT2D eigenvalue weighted by molar-refractivity contribution is -0.197. The fourth-order valence-electron chi connectivity index (χ4n) is 2.81. The largest absolute Gasteiger partial charge is 0.445 e. The van der Waals surface area contributed by atoms with Crippen LogP contribution in [0, 0.1) is 0 Å². The average molecular weight is 396 g/mol. The van der Waals surface area contributed by atoms with Crippen LogP contribution in [0.4, 0.5) is 4.79 Å². The fraction of sp³-hybridized carbons (Fsp3) is 0.238. The van der Waals surface area contributed by atoms with Crippen LogP contribution in [-0.2, 0) is 30.6 Å². The quantitative estimate of drug-likeness (QED) is 0.722. The Labute approximate surface area is 167 Å². The molecule has 3 amide bonds. The third-order valence-corrected chi connectivity index (χ3v) is 4.28. The highest BCUT2D eigenvalue weighted by Crippen LogP contribution is 2.20. The summed E-state index contributed by atoms with van der Waals surface area (Å²) in [5.74, 6) is -1.93. The summed E-state index contributed by atoms with van der Waals surface area (Å²) in [7, 11) is 0. The molecule has 29 heavy (non-hydrogen) atoms. The fourth-order valence-corrected chi connectivity index (χ4v) is 2.81. The first-order valence-corrected chi connectivity index (χ1v) is 9.11. The van der Waals surface area contributed by atoms with Crippen LogP contribution >= 0.6 is 0 Å². The summed E-state index contributed by atoms with van der Waals surface area (Å²) < 4.78 is 5.21. The van der Waals surface area contributed by atoms with Gasteiger partial charge in [0.2, 0.25) is 0 Å². The van der Waals surface area contributed by atoms with Crippen LogP contribution in [-0.4, -0.2) is 28.9 Å². The van der Waals surface area contributed by atoms with Crippen molar-refractivity contribution in [2.45, 2.75) is 31.9 Å². The zero-order chi connectivity index (χ0) is 20.6. The number of ether oxygens (including phenoxy) is 1. The molecule has 0 radical (unpaired) electrons. The SMILES string of the molecule is O=C(C[C@@H](NC(=O)OCc1ccccc1)c1ccccc1)ON1C(=O)CCC1=O. The monoisotopic (exact) mass is 396 g/mol. The van der Waals surface area contributed by atoms with E-state index in [9.17, 15) is 19.2 Å². The molecule has 1 N–H and O–H groups in total. The zero-order valence-corrected chi connectivity index (χ0v) is 15.6. The Bertz CT molecular complexity index is 869. The summed E-state index contributed by atoms with van der Waals surface area (Å²) in [6.45, 7) is 0.0788. The molecule has 1 heterocycles. The van der Waals surface area contributed by atoms with E-state index in [2.05, 4.69) is 5.32 Å². The van der Waals surface area contributed by atoms with Gasteiger partial charge in [-0.1, -0.05) is 60.7 Å². The maximum Gasteiger partial charge on any atom is 0.407 e. The normalized spacial score (nSPS) is 14.4. The first kappa shape index (κ1) is 20.1. The van der Waals surface area contributed by atoms with Gasteiger partial charge in [0.15, 0.2) is 0 Å². The molecule has 0 saturated carbocycles. The smallest absolute Gasteiger partial charge is 0.407 e. The second-order valence-corrected chi connectivity index (χ2v) is 6.42. The average Bonchev–Trinajstić information content (AvgIpc) is 3.05. The molecule has 1 saturated heterocycles. The lowest BCUT2D eigenvalue weighted by Crippen LogP contribution is -2.35. The number of rotatable bonds is 7. The Kier molecular flexibility index (Phi) is 6.57. The first-order valence-electron chi connectivity index (χ1n) is 9.11. The molecular weight excluding hydrogens is 376 g/mol. The lowest BCUT2D eigenvalue weighted by Gasteiger charge is -2.20. The van der Waals surface area contributed by atoms with Gasteiger partial charge in [-0.15, -0.1) is 5.06 Å². The number of amides is 3. The Morgan fingerprint density at radius 3 is 2.14 bits per heavy atom. The van der Waals surface area contributed by atoms with E-state index in [0.717, 1.165) is 5.56 Å². The van der Waals surface area contributed by atoms with Gasteiger partial charge in [0.25, 0.3) is 11.8 Å². The number of hydrogen-bond donors (Lipinski definition) is 1. The van der Waals surface area contributed by atoms with E-state index in [0.29, 0.717) is 10.6 Å². The number of carbonyl (C=O) groups excluding carboxylic acids is 4. The predicted octanol–water partition coefficient (Wildman–Crippen LogP) is 2.65. The van der Waals surface area contributed by atoms with Crippen molar-refractivity contribution in [2.75, 3.05) is 0 Å². The van der Waals surface area contributed by atoms with Crippen molar-refractivity contribution in [3.05, 3.63) is 71.8 Å². The van der Waals surface area contributed by atoms with Crippen LogP contribution in [0.1, 0.15) is 36.4 Å². The van der Waals surface area contributed by atoms with Crippen LogP contribution in [0.3, 0.4) is 0 Å². The summed E-state index contributed by atoms with van der Waals surface area (Å²) in [6, 6.07) is 17.2. The van der Waals surface area contributed by atoms with E-state index in [4.69, 9.17) is 9.57 Å². The third kappa shape index (κ3) is 5.65. The van der Waals surface area contributed by atoms with Crippen molar-refractivity contribution >= 4 is 23.9 Å². The van der Waals surface area contributed by atoms with E-state index >= 15 is 0 Å². The Balaban J connectivity index is 1.62. The second-order valence-electron chi connectivity index (χ2n) is 6.42. The molecule has 1 atom stereocenters. The van der Waals surface area contributed by atoms with Gasteiger partial charge in [0, 0.05) is 12.8 Å². The van der Waals surface area contributed by atoms with Gasteiger partial charge >= 0.3 is 12.1 Å². The van der Waals surface area contributed by atoms with E-state index in [-0.39, 0.29) is 25.9 Å². The van der Waals surface area contributed by atoms with Gasteiger partial charge in [0.05, 0.1) is 12.5 Å². The molecule has 150 valence electrons. The minimum Gasteiger partial charge on any atom is -0.445 e. The summed E-state index contributed by atoms with van der Waals surface area (Å²) in [5, 5.41) is 3.12. The van der Waals surface area contributed by atoms with Gasteiger partial charge in [-0.2, -0.15) is 0 Å². The Morgan fingerprint density at radius 2 is 1.52 bits per heavy atom. The van der Waals surface area contributed by atoms with Crippen LogP contribution in [0.15, 0.2) is 60.7 Å². The summed E-state index contributed by atoms with van der Waals surface area (Å²) >= 11 is 0. The lowest BCUT2D eigenvalue weighted by atomic mass is 10.0. The van der Waals surface area contributed by atoms with Gasteiger partial charge in [-0.3, -0.25) is 9.59 Å². The van der Waals surface area contributed by atoms with Crippen molar-refractivity contribution < 1.29 is 28.8 Å². The molecule has 3 rings (SSSR count). The van der Waals surface area contributed by atoms with Crippen molar-refractivity contribution in [2.24, 2.45) is 0 Å². The molecule has 0 aromatic heterocycles. The van der Waals surface area contributed by atoms with E-state index in [1.807, 2.05) is 30.3 Å². The van der Waals surface area contributed by atoms with Crippen LogP contribution in [0.2, 0.25) is 0 Å². The molecule has 2 aromatic rings. The van der Waals surface area contributed by atoms with Gasteiger partial charge < -0.3 is 14.9 Å². The molecule has 8 heteroatoms. The molecule has 1 aliphatic rings. The van der Waals surface area contributed by atoms with E-state index < -0.39 is 29.9 Å². The summed E-state index contributed by atoms with van der Waals surface area (Å²) in [5.41, 5.74) is 1.48. The number of benzene rings is 2. The van der Waals surface area contributed by atoms with E-state index in [1.54, 1.807) is 30.3 Å². The van der Waals surface area contributed by atoms with Crippen molar-refractivity contribution in [1.82, 2.24) is 10.4 Å². The molecule has 2 aromatic carbocycles.